The molecule has 4 aliphatic rings. The summed E-state index contributed by atoms with van der Waals surface area (Å²) in [4.78, 5) is 17.6. The first-order chi connectivity index (χ1) is 13.2. The Balaban J connectivity index is 1.40. The van der Waals surface area contributed by atoms with E-state index >= 15 is 0 Å². The number of nitrogens with zero attached hydrogens (tertiary/aromatic N) is 2. The number of halogens is 1. The Morgan fingerprint density at radius 1 is 1.15 bits per heavy atom. The van der Waals surface area contributed by atoms with Crippen molar-refractivity contribution in [1.29, 1.82) is 0 Å². The summed E-state index contributed by atoms with van der Waals surface area (Å²) >= 11 is 0. The van der Waals surface area contributed by atoms with Gasteiger partial charge in [0, 0.05) is 18.5 Å². The smallest absolute Gasteiger partial charge is 0.318 e. The van der Waals surface area contributed by atoms with Gasteiger partial charge in [-0.2, -0.15) is 0 Å². The zero-order valence-electron chi connectivity index (χ0n) is 15.2. The number of hydrogen-bond donors (Lipinski definition) is 1. The van der Waals surface area contributed by atoms with Gasteiger partial charge in [-0.25, -0.2) is 9.18 Å². The highest BCUT2D eigenvalue weighted by atomic mass is 19.1. The van der Waals surface area contributed by atoms with Crippen molar-refractivity contribution in [2.45, 2.75) is 37.4 Å². The minimum atomic E-state index is -0.216. The summed E-state index contributed by atoms with van der Waals surface area (Å²) in [5.41, 5.74) is 1.13. The van der Waals surface area contributed by atoms with E-state index in [4.69, 9.17) is 4.42 Å². The van der Waals surface area contributed by atoms with Crippen LogP contribution in [0.25, 0.3) is 0 Å². The Morgan fingerprint density at radius 3 is 2.63 bits per heavy atom. The molecule has 6 rings (SSSR count). The highest BCUT2D eigenvalue weighted by Gasteiger charge is 2.54. The second-order valence-electron chi connectivity index (χ2n) is 7.90. The van der Waals surface area contributed by atoms with Crippen molar-refractivity contribution in [2.75, 3.05) is 19.6 Å². The molecule has 4 fully saturated rings. The molecule has 1 aromatic carbocycles. The van der Waals surface area contributed by atoms with Crippen LogP contribution in [0.15, 0.2) is 47.1 Å². The van der Waals surface area contributed by atoms with Crippen LogP contribution in [0.2, 0.25) is 0 Å². The molecule has 3 atom stereocenters. The molecule has 0 saturated carbocycles. The van der Waals surface area contributed by atoms with E-state index in [0.717, 1.165) is 37.3 Å². The number of piperidine rings is 3. The van der Waals surface area contributed by atoms with Crippen LogP contribution in [0, 0.1) is 11.7 Å². The van der Waals surface area contributed by atoms with Gasteiger partial charge in [0.1, 0.15) is 11.6 Å². The van der Waals surface area contributed by atoms with Crippen LogP contribution in [0.4, 0.5) is 9.18 Å². The molecule has 0 radical (unpaired) electrons. The first-order valence-electron chi connectivity index (χ1n) is 9.77. The van der Waals surface area contributed by atoms with Gasteiger partial charge >= 0.3 is 6.03 Å². The number of likely N-dealkylation sites (tertiary alicyclic amines) is 1. The predicted octanol–water partition coefficient (Wildman–Crippen LogP) is 3.19. The SMILES string of the molecule is O=C(NCc1ccco1)N1C[C@@H](c2ccc(F)cc2)[C@@H]2[C@H]1C1CCN2CC1. The molecule has 6 heteroatoms. The van der Waals surface area contributed by atoms with Crippen LogP contribution < -0.4 is 5.32 Å². The third kappa shape index (κ3) is 2.92. The number of nitrogens with one attached hydrogen (secondary N) is 1. The maximum atomic E-state index is 13.4. The zero-order chi connectivity index (χ0) is 18.4. The number of fused-ring (bicyclic) bond motifs is 2. The average molecular weight is 369 g/mol. The molecule has 0 aliphatic carbocycles. The molecule has 4 saturated heterocycles. The van der Waals surface area contributed by atoms with Crippen molar-refractivity contribution in [2.24, 2.45) is 5.92 Å². The van der Waals surface area contributed by atoms with Gasteiger partial charge in [-0.15, -0.1) is 0 Å². The number of amides is 2. The lowest BCUT2D eigenvalue weighted by atomic mass is 9.75. The van der Waals surface area contributed by atoms with Gasteiger partial charge in [-0.3, -0.25) is 4.90 Å². The van der Waals surface area contributed by atoms with Gasteiger partial charge in [0.05, 0.1) is 18.8 Å². The molecule has 1 aromatic heterocycles. The van der Waals surface area contributed by atoms with Crippen LogP contribution in [-0.4, -0.2) is 47.5 Å². The molecular weight excluding hydrogens is 345 g/mol. The predicted molar refractivity (Wildman–Crippen MR) is 98.7 cm³/mol. The Kier molecular flexibility index (Phi) is 4.16. The maximum absolute atomic E-state index is 13.4. The molecular formula is C21H24FN3O2. The van der Waals surface area contributed by atoms with Crippen LogP contribution >= 0.6 is 0 Å². The first-order valence-corrected chi connectivity index (χ1v) is 9.77. The van der Waals surface area contributed by atoms with Gasteiger partial charge < -0.3 is 14.6 Å². The van der Waals surface area contributed by atoms with E-state index in [2.05, 4.69) is 10.2 Å². The summed E-state index contributed by atoms with van der Waals surface area (Å²) in [6.07, 6.45) is 3.92. The van der Waals surface area contributed by atoms with Gasteiger partial charge in [0.15, 0.2) is 0 Å². The van der Waals surface area contributed by atoms with Crippen LogP contribution in [0.1, 0.15) is 30.1 Å². The second-order valence-corrected chi connectivity index (χ2v) is 7.90. The monoisotopic (exact) mass is 369 g/mol. The Hall–Kier alpha value is -2.34. The summed E-state index contributed by atoms with van der Waals surface area (Å²) < 4.78 is 18.7. The molecule has 2 aromatic rings. The van der Waals surface area contributed by atoms with E-state index in [0.29, 0.717) is 25.0 Å². The van der Waals surface area contributed by atoms with Crippen molar-refractivity contribution < 1.29 is 13.6 Å². The summed E-state index contributed by atoms with van der Waals surface area (Å²) in [6, 6.07) is 11.0. The lowest BCUT2D eigenvalue weighted by molar-refractivity contribution is 0.00346. The Bertz CT molecular complexity index is 799. The fourth-order valence-electron chi connectivity index (χ4n) is 5.34. The summed E-state index contributed by atoms with van der Waals surface area (Å²) in [6.45, 7) is 3.28. The minimum absolute atomic E-state index is 0.0280. The molecule has 27 heavy (non-hydrogen) atoms. The largest absolute Gasteiger partial charge is 0.467 e. The summed E-state index contributed by atoms with van der Waals surface area (Å²) in [5.74, 6) is 1.32. The van der Waals surface area contributed by atoms with Crippen molar-refractivity contribution in [1.82, 2.24) is 15.1 Å². The number of benzene rings is 1. The Morgan fingerprint density at radius 2 is 1.93 bits per heavy atom. The highest BCUT2D eigenvalue weighted by Crippen LogP contribution is 2.46. The van der Waals surface area contributed by atoms with Crippen LogP contribution in [-0.2, 0) is 6.54 Å². The molecule has 5 nitrogen and oxygen atoms in total. The lowest BCUT2D eigenvalue weighted by Crippen LogP contribution is -2.61. The number of carbonyl (C=O) groups excluding carboxylic acids is 1. The van der Waals surface area contributed by atoms with Gasteiger partial charge in [0.2, 0.25) is 0 Å². The average Bonchev–Trinajstić information content (AvgIpc) is 3.37. The second kappa shape index (κ2) is 6.68. The quantitative estimate of drug-likeness (QED) is 0.904. The number of urea groups is 1. The number of hydrogen-bond acceptors (Lipinski definition) is 3. The van der Waals surface area contributed by atoms with E-state index in [1.165, 1.54) is 12.1 Å². The third-order valence-electron chi connectivity index (χ3n) is 6.55. The van der Waals surface area contributed by atoms with Crippen LogP contribution in [0.5, 0.6) is 0 Å². The van der Waals surface area contributed by atoms with E-state index in [1.54, 1.807) is 6.26 Å². The fourth-order valence-corrected chi connectivity index (χ4v) is 5.34. The third-order valence-corrected chi connectivity index (χ3v) is 6.55. The van der Waals surface area contributed by atoms with E-state index in [-0.39, 0.29) is 23.8 Å². The van der Waals surface area contributed by atoms with E-state index in [9.17, 15) is 9.18 Å². The number of carbonyl (C=O) groups is 1. The molecule has 1 N–H and O–H groups in total. The summed E-state index contributed by atoms with van der Waals surface area (Å²) in [5, 5.41) is 3.02. The topological polar surface area (TPSA) is 48.7 Å². The molecule has 4 aliphatic heterocycles. The first kappa shape index (κ1) is 16.8. The minimum Gasteiger partial charge on any atom is -0.467 e. The molecule has 2 amide bonds. The lowest BCUT2D eigenvalue weighted by Gasteiger charge is -2.51. The van der Waals surface area contributed by atoms with Crippen molar-refractivity contribution in [3.63, 3.8) is 0 Å². The Labute approximate surface area is 158 Å². The maximum Gasteiger partial charge on any atom is 0.318 e. The van der Waals surface area contributed by atoms with Crippen molar-refractivity contribution in [3.8, 4) is 0 Å². The van der Waals surface area contributed by atoms with Crippen molar-refractivity contribution >= 4 is 6.03 Å². The standard InChI is InChI=1S/C21H24FN3O2/c22-16-5-3-14(4-6-16)18-13-25(21(26)23-12-17-2-1-11-27-17)19-15-7-9-24(10-8-15)20(18)19/h1-6,11,15,18-20H,7-10,12-13H2,(H,23,26)/t18-,19+,20+/m0/s1. The molecule has 0 spiro atoms. The fraction of sp³-hybridized carbons (Fsp3) is 0.476. The van der Waals surface area contributed by atoms with Crippen molar-refractivity contribution in [3.05, 3.63) is 59.8 Å². The number of furan rings is 1. The van der Waals surface area contributed by atoms with Gasteiger partial charge in [0.25, 0.3) is 0 Å². The molecule has 142 valence electrons. The normalized spacial score (nSPS) is 31.7. The van der Waals surface area contributed by atoms with E-state index < -0.39 is 0 Å². The zero-order valence-corrected chi connectivity index (χ0v) is 15.2. The molecule has 0 unspecified atom stereocenters. The van der Waals surface area contributed by atoms with Gasteiger partial charge in [-0.1, -0.05) is 12.1 Å². The van der Waals surface area contributed by atoms with Gasteiger partial charge in [-0.05, 0) is 61.7 Å². The molecule has 5 heterocycles. The number of rotatable bonds is 3. The van der Waals surface area contributed by atoms with E-state index in [1.807, 2.05) is 29.2 Å². The highest BCUT2D eigenvalue weighted by molar-refractivity contribution is 5.75. The van der Waals surface area contributed by atoms with Crippen LogP contribution in [0.3, 0.4) is 0 Å². The molecule has 2 bridgehead atoms. The summed E-state index contributed by atoms with van der Waals surface area (Å²) in [7, 11) is 0.